The molecular weight excluding hydrogens is 304 g/mol. The molecule has 0 saturated heterocycles. The van der Waals surface area contributed by atoms with Crippen LogP contribution in [-0.4, -0.2) is 29.1 Å². The number of aromatic hydroxyl groups is 1. The number of carbonyl (C=O) groups is 1. The van der Waals surface area contributed by atoms with Crippen LogP contribution in [0.5, 0.6) is 5.88 Å². The maximum atomic E-state index is 11.6. The molecule has 0 aromatic carbocycles. The largest absolute Gasteiger partial charge is 0.494 e. The van der Waals surface area contributed by atoms with Crippen LogP contribution in [-0.2, 0) is 0 Å². The SMILES string of the molecule is CN=C(c1cccs1)c1c(O)[nH]c(-c2cccs2)c1C=O. The van der Waals surface area contributed by atoms with E-state index >= 15 is 0 Å². The molecule has 106 valence electrons. The number of aromatic nitrogens is 1. The zero-order chi connectivity index (χ0) is 14.8. The van der Waals surface area contributed by atoms with Crippen molar-refractivity contribution in [2.45, 2.75) is 0 Å². The lowest BCUT2D eigenvalue weighted by Gasteiger charge is -2.03. The van der Waals surface area contributed by atoms with Crippen LogP contribution in [0.3, 0.4) is 0 Å². The second kappa shape index (κ2) is 5.67. The van der Waals surface area contributed by atoms with Crippen LogP contribution in [0.15, 0.2) is 40.0 Å². The molecule has 6 heteroatoms. The highest BCUT2D eigenvalue weighted by Gasteiger charge is 2.23. The molecule has 0 fully saturated rings. The lowest BCUT2D eigenvalue weighted by atomic mass is 10.0. The Morgan fingerprint density at radius 3 is 2.62 bits per heavy atom. The molecule has 0 aliphatic heterocycles. The summed E-state index contributed by atoms with van der Waals surface area (Å²) in [4.78, 5) is 20.5. The van der Waals surface area contributed by atoms with Crippen molar-refractivity contribution in [1.29, 1.82) is 0 Å². The molecule has 0 unspecified atom stereocenters. The van der Waals surface area contributed by atoms with Crippen molar-refractivity contribution in [3.63, 3.8) is 0 Å². The number of aldehydes is 1. The van der Waals surface area contributed by atoms with E-state index in [1.807, 2.05) is 35.0 Å². The number of rotatable bonds is 4. The fraction of sp³-hybridized carbons (Fsp3) is 0.0667. The highest BCUT2D eigenvalue weighted by atomic mass is 32.1. The van der Waals surface area contributed by atoms with Crippen LogP contribution >= 0.6 is 22.7 Å². The van der Waals surface area contributed by atoms with Gasteiger partial charge in [0.15, 0.2) is 12.2 Å². The van der Waals surface area contributed by atoms with Crippen LogP contribution in [0.4, 0.5) is 0 Å². The number of nitrogens with one attached hydrogen (secondary N) is 1. The van der Waals surface area contributed by atoms with Gasteiger partial charge in [0.2, 0.25) is 0 Å². The summed E-state index contributed by atoms with van der Waals surface area (Å²) >= 11 is 3.02. The predicted molar refractivity (Wildman–Crippen MR) is 87.0 cm³/mol. The highest BCUT2D eigenvalue weighted by molar-refractivity contribution is 7.13. The topological polar surface area (TPSA) is 65.5 Å². The number of thiophene rings is 2. The predicted octanol–water partition coefficient (Wildman–Crippen LogP) is 3.79. The van der Waals surface area contributed by atoms with Gasteiger partial charge in [-0.15, -0.1) is 22.7 Å². The normalized spacial score (nSPS) is 11.8. The summed E-state index contributed by atoms with van der Waals surface area (Å²) in [7, 11) is 1.65. The van der Waals surface area contributed by atoms with Gasteiger partial charge in [0, 0.05) is 7.05 Å². The molecule has 0 aliphatic rings. The molecule has 0 radical (unpaired) electrons. The summed E-state index contributed by atoms with van der Waals surface area (Å²) < 4.78 is 0. The number of H-pyrrole nitrogens is 1. The zero-order valence-corrected chi connectivity index (χ0v) is 12.8. The molecular formula is C15H12N2O2S2. The molecule has 0 saturated carbocycles. The Kier molecular flexibility index (Phi) is 3.72. The van der Waals surface area contributed by atoms with Crippen molar-refractivity contribution in [1.82, 2.24) is 4.98 Å². The van der Waals surface area contributed by atoms with Crippen LogP contribution < -0.4 is 0 Å². The van der Waals surface area contributed by atoms with Gasteiger partial charge in [0.05, 0.1) is 32.3 Å². The van der Waals surface area contributed by atoms with Crippen LogP contribution in [0.2, 0.25) is 0 Å². The van der Waals surface area contributed by atoms with Gasteiger partial charge in [-0.3, -0.25) is 9.79 Å². The lowest BCUT2D eigenvalue weighted by Crippen LogP contribution is -2.03. The van der Waals surface area contributed by atoms with Crippen LogP contribution in [0, 0.1) is 0 Å². The molecule has 21 heavy (non-hydrogen) atoms. The van der Waals surface area contributed by atoms with Gasteiger partial charge in [-0.2, -0.15) is 0 Å². The van der Waals surface area contributed by atoms with Gasteiger partial charge in [-0.05, 0) is 22.9 Å². The lowest BCUT2D eigenvalue weighted by molar-refractivity contribution is 0.112. The third-order valence-electron chi connectivity index (χ3n) is 3.12. The Bertz CT molecular complexity index is 784. The van der Waals surface area contributed by atoms with Gasteiger partial charge in [0.1, 0.15) is 0 Å². The summed E-state index contributed by atoms with van der Waals surface area (Å²) in [6.07, 6.45) is 0.763. The molecule has 3 aromatic rings. The number of hydrogen-bond acceptors (Lipinski definition) is 5. The second-order valence-corrected chi connectivity index (χ2v) is 6.18. The summed E-state index contributed by atoms with van der Waals surface area (Å²) in [6.45, 7) is 0. The van der Waals surface area contributed by atoms with E-state index < -0.39 is 0 Å². The van der Waals surface area contributed by atoms with Gasteiger partial charge in [-0.1, -0.05) is 12.1 Å². The molecule has 0 bridgehead atoms. The first-order chi connectivity index (χ1) is 10.3. The van der Waals surface area contributed by atoms with Crippen molar-refractivity contribution in [3.8, 4) is 16.5 Å². The van der Waals surface area contributed by atoms with Crippen molar-refractivity contribution in [2.24, 2.45) is 4.99 Å². The first-order valence-corrected chi connectivity index (χ1v) is 7.97. The van der Waals surface area contributed by atoms with Crippen LogP contribution in [0.25, 0.3) is 10.6 Å². The number of aromatic amines is 1. The maximum absolute atomic E-state index is 11.6. The van der Waals surface area contributed by atoms with Crippen molar-refractivity contribution in [3.05, 3.63) is 51.0 Å². The van der Waals surface area contributed by atoms with E-state index in [-0.39, 0.29) is 5.88 Å². The van der Waals surface area contributed by atoms with Gasteiger partial charge in [-0.25, -0.2) is 0 Å². The average molecular weight is 316 g/mol. The summed E-state index contributed by atoms with van der Waals surface area (Å²) in [5.74, 6) is -0.0329. The van der Waals surface area contributed by atoms with Gasteiger partial charge < -0.3 is 10.1 Å². The van der Waals surface area contributed by atoms with E-state index in [0.29, 0.717) is 22.5 Å². The highest BCUT2D eigenvalue weighted by Crippen LogP contribution is 2.35. The Morgan fingerprint density at radius 1 is 1.29 bits per heavy atom. The molecule has 3 aromatic heterocycles. The van der Waals surface area contributed by atoms with E-state index in [4.69, 9.17) is 0 Å². The number of nitrogens with zero attached hydrogens (tertiary/aromatic N) is 1. The Balaban J connectivity index is 2.22. The summed E-state index contributed by atoms with van der Waals surface area (Å²) in [5.41, 5.74) is 2.14. The van der Waals surface area contributed by atoms with Gasteiger partial charge >= 0.3 is 0 Å². The van der Waals surface area contributed by atoms with E-state index in [0.717, 1.165) is 16.0 Å². The average Bonchev–Trinajstić information content (AvgIpc) is 3.21. The second-order valence-electron chi connectivity index (χ2n) is 4.28. The van der Waals surface area contributed by atoms with E-state index in [2.05, 4.69) is 9.98 Å². The quantitative estimate of drug-likeness (QED) is 0.568. The van der Waals surface area contributed by atoms with Crippen LogP contribution in [0.1, 0.15) is 20.8 Å². The monoisotopic (exact) mass is 316 g/mol. The fourth-order valence-electron chi connectivity index (χ4n) is 2.23. The first-order valence-electron chi connectivity index (χ1n) is 6.21. The molecule has 3 rings (SSSR count). The molecule has 4 nitrogen and oxygen atoms in total. The Hall–Kier alpha value is -2.18. The van der Waals surface area contributed by atoms with Crippen molar-refractivity contribution >= 4 is 34.7 Å². The third-order valence-corrected chi connectivity index (χ3v) is 4.88. The van der Waals surface area contributed by atoms with Gasteiger partial charge in [0.25, 0.3) is 0 Å². The number of carbonyl (C=O) groups excluding carboxylic acids is 1. The van der Waals surface area contributed by atoms with Crippen molar-refractivity contribution in [2.75, 3.05) is 7.05 Å². The molecule has 0 amide bonds. The molecule has 0 aliphatic carbocycles. The molecule has 0 atom stereocenters. The smallest absolute Gasteiger partial charge is 0.199 e. The van der Waals surface area contributed by atoms with E-state index in [9.17, 15) is 9.90 Å². The van der Waals surface area contributed by atoms with E-state index in [1.165, 1.54) is 22.7 Å². The fourth-order valence-corrected chi connectivity index (χ4v) is 3.74. The maximum Gasteiger partial charge on any atom is 0.199 e. The summed E-state index contributed by atoms with van der Waals surface area (Å²) in [6, 6.07) is 7.63. The number of hydrogen-bond donors (Lipinski definition) is 2. The van der Waals surface area contributed by atoms with Crippen molar-refractivity contribution < 1.29 is 9.90 Å². The minimum Gasteiger partial charge on any atom is -0.494 e. The first kappa shape index (κ1) is 13.8. The zero-order valence-electron chi connectivity index (χ0n) is 11.2. The summed E-state index contributed by atoms with van der Waals surface area (Å²) in [5, 5.41) is 14.1. The molecule has 2 N–H and O–H groups in total. The number of aliphatic imine (C=N–C) groups is 1. The third kappa shape index (κ3) is 2.32. The Labute approximate surface area is 129 Å². The minimum atomic E-state index is -0.0329. The standard InChI is InChI=1S/C15H12N2O2S2/c1-16-14(11-5-3-7-21-11)12-9(8-18)13(17-15(12)19)10-4-2-6-20-10/h2-8,17,19H,1H3. The van der Waals surface area contributed by atoms with E-state index in [1.54, 1.807) is 7.05 Å². The Morgan fingerprint density at radius 2 is 2.05 bits per heavy atom. The molecule has 0 spiro atoms. The molecule has 3 heterocycles. The minimum absolute atomic E-state index is 0.0329.